The highest BCUT2D eigenvalue weighted by Gasteiger charge is 2.19. The van der Waals surface area contributed by atoms with Gasteiger partial charge in [-0.25, -0.2) is 0 Å². The van der Waals surface area contributed by atoms with Gasteiger partial charge in [-0.1, -0.05) is 288 Å². The molecule has 0 radical (unpaired) electrons. The van der Waals surface area contributed by atoms with E-state index >= 15 is 0 Å². The molecule has 426 valence electrons. The lowest BCUT2D eigenvalue weighted by Gasteiger charge is -2.18. The minimum Gasteiger partial charge on any atom is -0.462 e. The highest BCUT2D eigenvalue weighted by atomic mass is 16.6. The van der Waals surface area contributed by atoms with Crippen molar-refractivity contribution >= 4 is 17.9 Å². The Morgan fingerprint density at radius 2 is 0.493 bits per heavy atom. The second-order valence-electron chi connectivity index (χ2n) is 21.7. The molecular formula is C67H122O6. The van der Waals surface area contributed by atoms with E-state index in [0.717, 1.165) is 70.6 Å². The van der Waals surface area contributed by atoms with Crippen LogP contribution in [0, 0.1) is 0 Å². The van der Waals surface area contributed by atoms with Crippen LogP contribution in [-0.2, 0) is 28.6 Å². The zero-order chi connectivity index (χ0) is 52.9. The lowest BCUT2D eigenvalue weighted by molar-refractivity contribution is -0.167. The van der Waals surface area contributed by atoms with Crippen LogP contribution in [0.2, 0.25) is 0 Å². The molecule has 73 heavy (non-hydrogen) atoms. The summed E-state index contributed by atoms with van der Waals surface area (Å²) in [6.45, 7) is 6.63. The monoisotopic (exact) mass is 1020 g/mol. The molecular weight excluding hydrogens is 901 g/mol. The van der Waals surface area contributed by atoms with Gasteiger partial charge in [0, 0.05) is 19.3 Å². The lowest BCUT2D eigenvalue weighted by atomic mass is 10.0. The van der Waals surface area contributed by atoms with E-state index in [-0.39, 0.29) is 31.1 Å². The zero-order valence-corrected chi connectivity index (χ0v) is 48.9. The average Bonchev–Trinajstić information content (AvgIpc) is 3.39. The Balaban J connectivity index is 4.12. The largest absolute Gasteiger partial charge is 0.462 e. The number of allylic oxidation sites excluding steroid dienone is 8. The molecule has 0 saturated heterocycles. The van der Waals surface area contributed by atoms with E-state index in [4.69, 9.17) is 14.2 Å². The number of carbonyl (C=O) groups excluding carboxylic acids is 3. The Hall–Kier alpha value is -2.63. The first-order chi connectivity index (χ1) is 36.0. The van der Waals surface area contributed by atoms with Crippen LogP contribution in [0.4, 0.5) is 0 Å². The quantitative estimate of drug-likeness (QED) is 0.0261. The van der Waals surface area contributed by atoms with Gasteiger partial charge in [0.05, 0.1) is 0 Å². The van der Waals surface area contributed by atoms with Crippen molar-refractivity contribution < 1.29 is 28.6 Å². The highest BCUT2D eigenvalue weighted by molar-refractivity contribution is 5.71. The number of rotatable bonds is 59. The van der Waals surface area contributed by atoms with Crippen LogP contribution in [-0.4, -0.2) is 37.2 Å². The molecule has 0 bridgehead atoms. The molecule has 0 rings (SSSR count). The molecule has 0 N–H and O–H groups in total. The summed E-state index contributed by atoms with van der Waals surface area (Å²) in [6.07, 6.45) is 77.2. The second kappa shape index (κ2) is 61.9. The normalized spacial score (nSPS) is 12.3. The molecule has 0 aromatic heterocycles. The van der Waals surface area contributed by atoms with E-state index in [2.05, 4.69) is 69.4 Å². The van der Waals surface area contributed by atoms with E-state index < -0.39 is 6.10 Å². The van der Waals surface area contributed by atoms with Crippen molar-refractivity contribution in [3.63, 3.8) is 0 Å². The number of ether oxygens (including phenoxy) is 3. The Morgan fingerprint density at radius 1 is 0.274 bits per heavy atom. The molecule has 0 heterocycles. The topological polar surface area (TPSA) is 78.9 Å². The van der Waals surface area contributed by atoms with Crippen LogP contribution in [0.25, 0.3) is 0 Å². The summed E-state index contributed by atoms with van der Waals surface area (Å²) in [5.74, 6) is -0.866. The average molecular weight is 1020 g/mol. The predicted molar refractivity (Wildman–Crippen MR) is 316 cm³/mol. The molecule has 0 aliphatic rings. The molecule has 6 nitrogen and oxygen atoms in total. The minimum atomic E-state index is -0.772. The van der Waals surface area contributed by atoms with Crippen LogP contribution in [0.1, 0.15) is 342 Å². The van der Waals surface area contributed by atoms with Crippen molar-refractivity contribution in [1.82, 2.24) is 0 Å². The third-order valence-corrected chi connectivity index (χ3v) is 14.3. The fraction of sp³-hybridized carbons (Fsp3) is 0.836. The number of hydrogen-bond donors (Lipinski definition) is 0. The maximum Gasteiger partial charge on any atom is 0.306 e. The van der Waals surface area contributed by atoms with Gasteiger partial charge in [-0.3, -0.25) is 14.4 Å². The van der Waals surface area contributed by atoms with Gasteiger partial charge in [-0.15, -0.1) is 0 Å². The van der Waals surface area contributed by atoms with Crippen LogP contribution in [0.3, 0.4) is 0 Å². The molecule has 0 aliphatic heterocycles. The van der Waals surface area contributed by atoms with E-state index in [0.29, 0.717) is 19.3 Å². The summed E-state index contributed by atoms with van der Waals surface area (Å²) in [6, 6.07) is 0. The number of carbonyl (C=O) groups is 3. The molecule has 0 fully saturated rings. The molecule has 0 saturated carbocycles. The summed E-state index contributed by atoms with van der Waals surface area (Å²) < 4.78 is 16.8. The van der Waals surface area contributed by atoms with Crippen LogP contribution >= 0.6 is 0 Å². The van der Waals surface area contributed by atoms with Crippen molar-refractivity contribution in [2.45, 2.75) is 348 Å². The second-order valence-corrected chi connectivity index (χ2v) is 21.7. The predicted octanol–water partition coefficient (Wildman–Crippen LogP) is 21.8. The summed E-state index contributed by atoms with van der Waals surface area (Å²) in [4.78, 5) is 38.1. The van der Waals surface area contributed by atoms with E-state index in [1.54, 1.807) is 0 Å². The van der Waals surface area contributed by atoms with Crippen molar-refractivity contribution in [1.29, 1.82) is 0 Å². The third kappa shape index (κ3) is 60.1. The SMILES string of the molecule is CCCCCCC/C=C\C/C=C\C/C=C\CCCCCCCCCCCCC(=O)OCC(COC(=O)CCCCCCCCC)OC(=O)CCCCCCCCCCCCC/C=C\CCCCCCCCCC. The van der Waals surface area contributed by atoms with Crippen molar-refractivity contribution in [3.05, 3.63) is 48.6 Å². The number of esters is 3. The van der Waals surface area contributed by atoms with Crippen molar-refractivity contribution in [3.8, 4) is 0 Å². The van der Waals surface area contributed by atoms with Crippen LogP contribution in [0.15, 0.2) is 48.6 Å². The zero-order valence-electron chi connectivity index (χ0n) is 48.9. The van der Waals surface area contributed by atoms with Crippen molar-refractivity contribution in [2.75, 3.05) is 13.2 Å². The van der Waals surface area contributed by atoms with Gasteiger partial charge < -0.3 is 14.2 Å². The summed E-state index contributed by atoms with van der Waals surface area (Å²) in [5, 5.41) is 0. The maximum absolute atomic E-state index is 12.9. The Morgan fingerprint density at radius 3 is 0.781 bits per heavy atom. The van der Waals surface area contributed by atoms with Crippen LogP contribution in [0.5, 0.6) is 0 Å². The van der Waals surface area contributed by atoms with E-state index in [1.807, 2.05) is 0 Å². The first kappa shape index (κ1) is 70.4. The van der Waals surface area contributed by atoms with Gasteiger partial charge in [-0.2, -0.15) is 0 Å². The molecule has 1 atom stereocenters. The standard InChI is InChI=1S/C67H122O6/c1-4-7-10-13-16-18-20-22-24-26-28-30-32-33-35-36-38-40-42-44-46-48-51-54-57-60-66(69)72-63-64(62-71-65(68)59-56-53-50-15-12-9-6-3)73-67(70)61-58-55-52-49-47-45-43-41-39-37-34-31-29-27-25-23-21-19-17-14-11-8-5-2/h20,22,26-29,32-33,64H,4-19,21,23-25,30-31,34-63H2,1-3H3/b22-20-,28-26-,29-27-,33-32-. The van der Waals surface area contributed by atoms with Gasteiger partial charge in [0.25, 0.3) is 0 Å². The van der Waals surface area contributed by atoms with E-state index in [9.17, 15) is 14.4 Å². The summed E-state index contributed by atoms with van der Waals surface area (Å²) in [5.41, 5.74) is 0. The molecule has 1 unspecified atom stereocenters. The molecule has 0 aromatic carbocycles. The molecule has 0 aliphatic carbocycles. The maximum atomic E-state index is 12.9. The van der Waals surface area contributed by atoms with Gasteiger partial charge in [-0.05, 0) is 83.5 Å². The van der Waals surface area contributed by atoms with Crippen LogP contribution < -0.4 is 0 Å². The van der Waals surface area contributed by atoms with Gasteiger partial charge in [0.1, 0.15) is 13.2 Å². The summed E-state index contributed by atoms with van der Waals surface area (Å²) >= 11 is 0. The van der Waals surface area contributed by atoms with Crippen molar-refractivity contribution in [2.24, 2.45) is 0 Å². The van der Waals surface area contributed by atoms with Gasteiger partial charge in [0.2, 0.25) is 0 Å². The molecule has 0 amide bonds. The van der Waals surface area contributed by atoms with E-state index in [1.165, 1.54) is 231 Å². The van der Waals surface area contributed by atoms with Gasteiger partial charge in [0.15, 0.2) is 6.10 Å². The Labute approximate surface area is 454 Å². The first-order valence-electron chi connectivity index (χ1n) is 32.1. The highest BCUT2D eigenvalue weighted by Crippen LogP contribution is 2.17. The Bertz CT molecular complexity index is 1270. The fourth-order valence-corrected chi connectivity index (χ4v) is 9.45. The first-order valence-corrected chi connectivity index (χ1v) is 32.1. The molecule has 0 spiro atoms. The molecule has 0 aromatic rings. The lowest BCUT2D eigenvalue weighted by Crippen LogP contribution is -2.30. The minimum absolute atomic E-state index is 0.0719. The fourth-order valence-electron chi connectivity index (χ4n) is 9.45. The third-order valence-electron chi connectivity index (χ3n) is 14.3. The van der Waals surface area contributed by atoms with Gasteiger partial charge >= 0.3 is 17.9 Å². The molecule has 6 heteroatoms. The number of hydrogen-bond acceptors (Lipinski definition) is 6. The number of unbranched alkanes of at least 4 members (excludes halogenated alkanes) is 40. The summed E-state index contributed by atoms with van der Waals surface area (Å²) in [7, 11) is 0. The smallest absolute Gasteiger partial charge is 0.306 e. The Kier molecular flexibility index (Phi) is 59.7.